The molecule has 1 N–H and O–H groups in total. The first-order valence-electron chi connectivity index (χ1n) is 9.22. The molecule has 0 radical (unpaired) electrons. The van der Waals surface area contributed by atoms with Gasteiger partial charge in [0.05, 0.1) is 5.69 Å². The molecule has 0 spiro atoms. The number of anilines is 2. The Kier molecular flexibility index (Phi) is 6.14. The zero-order valence-electron chi connectivity index (χ0n) is 16.1. The van der Waals surface area contributed by atoms with Crippen LogP contribution in [0.4, 0.5) is 11.8 Å². The van der Waals surface area contributed by atoms with Gasteiger partial charge in [-0.1, -0.05) is 35.8 Å². The second-order valence-electron chi connectivity index (χ2n) is 7.44. The van der Waals surface area contributed by atoms with Crippen LogP contribution in [0.15, 0.2) is 28.7 Å². The molecular weight excluding hydrogens is 390 g/mol. The Morgan fingerprint density at radius 2 is 2.00 bits per heavy atom. The summed E-state index contributed by atoms with van der Waals surface area (Å²) in [5.41, 5.74) is 3.90. The third kappa shape index (κ3) is 4.74. The maximum atomic E-state index is 4.80. The number of rotatable bonds is 6. The molecule has 2 heterocycles. The molecule has 0 aliphatic carbocycles. The highest BCUT2D eigenvalue weighted by Gasteiger charge is 2.19. The van der Waals surface area contributed by atoms with E-state index in [2.05, 4.69) is 83.3 Å². The van der Waals surface area contributed by atoms with E-state index in [0.29, 0.717) is 5.92 Å². The van der Waals surface area contributed by atoms with E-state index in [1.54, 1.807) is 0 Å². The van der Waals surface area contributed by atoms with Crippen LogP contribution in [0.5, 0.6) is 0 Å². The molecule has 1 aliphatic heterocycles. The van der Waals surface area contributed by atoms with Gasteiger partial charge in [0, 0.05) is 36.7 Å². The smallest absolute Gasteiger partial charge is 0.224 e. The van der Waals surface area contributed by atoms with Crippen LogP contribution in [0, 0.1) is 0 Å². The van der Waals surface area contributed by atoms with Crippen LogP contribution in [0.2, 0.25) is 0 Å². The lowest BCUT2D eigenvalue weighted by Crippen LogP contribution is -2.31. The van der Waals surface area contributed by atoms with E-state index < -0.39 is 0 Å². The molecule has 5 nitrogen and oxygen atoms in total. The maximum absolute atomic E-state index is 4.80. The minimum atomic E-state index is 0.374. The van der Waals surface area contributed by atoms with E-state index in [1.165, 1.54) is 11.1 Å². The number of fused-ring (bicyclic) bond motifs is 1. The Bertz CT molecular complexity index is 760. The molecular formula is C20H28BrN5. The predicted molar refractivity (Wildman–Crippen MR) is 112 cm³/mol. The second-order valence-corrected chi connectivity index (χ2v) is 8.36. The second kappa shape index (κ2) is 8.35. The molecule has 1 aromatic carbocycles. The van der Waals surface area contributed by atoms with Crippen LogP contribution < -0.4 is 10.2 Å². The van der Waals surface area contributed by atoms with E-state index >= 15 is 0 Å². The molecule has 0 amide bonds. The number of nitrogens with one attached hydrogen (secondary N) is 1. The van der Waals surface area contributed by atoms with Gasteiger partial charge in [-0.05, 0) is 49.7 Å². The number of halogens is 1. The summed E-state index contributed by atoms with van der Waals surface area (Å²) < 4.78 is 1.15. The predicted octanol–water partition coefficient (Wildman–Crippen LogP) is 3.90. The van der Waals surface area contributed by atoms with Gasteiger partial charge < -0.3 is 15.1 Å². The van der Waals surface area contributed by atoms with Crippen molar-refractivity contribution in [2.75, 3.05) is 43.9 Å². The van der Waals surface area contributed by atoms with Crippen molar-refractivity contribution in [2.24, 2.45) is 0 Å². The van der Waals surface area contributed by atoms with Gasteiger partial charge in [-0.15, -0.1) is 0 Å². The van der Waals surface area contributed by atoms with Crippen LogP contribution in [0.1, 0.15) is 36.6 Å². The number of likely N-dealkylation sites (N-methyl/N-ethyl adjacent to an activating group) is 1. The average molecular weight is 418 g/mol. The van der Waals surface area contributed by atoms with Gasteiger partial charge in [0.1, 0.15) is 5.82 Å². The number of benzene rings is 1. The lowest BCUT2D eigenvalue weighted by atomic mass is 10.00. The quantitative estimate of drug-likeness (QED) is 0.771. The molecule has 6 heteroatoms. The normalized spacial score (nSPS) is 14.0. The minimum Gasteiger partial charge on any atom is -0.353 e. The molecule has 0 fully saturated rings. The van der Waals surface area contributed by atoms with E-state index in [-0.39, 0.29) is 0 Å². The van der Waals surface area contributed by atoms with Crippen LogP contribution >= 0.6 is 15.9 Å². The number of hydrogen-bond donors (Lipinski definition) is 1. The van der Waals surface area contributed by atoms with Crippen molar-refractivity contribution < 1.29 is 0 Å². The lowest BCUT2D eigenvalue weighted by Gasteiger charge is -2.30. The Balaban J connectivity index is 1.82. The molecule has 1 aromatic heterocycles. The fraction of sp³-hybridized carbons (Fsp3) is 0.500. The van der Waals surface area contributed by atoms with Crippen molar-refractivity contribution in [3.63, 3.8) is 0 Å². The summed E-state index contributed by atoms with van der Waals surface area (Å²) in [5, 5.41) is 3.38. The fourth-order valence-electron chi connectivity index (χ4n) is 3.10. The number of nitrogens with zero attached hydrogens (tertiary/aromatic N) is 4. The summed E-state index contributed by atoms with van der Waals surface area (Å²) >= 11 is 3.57. The van der Waals surface area contributed by atoms with Crippen LogP contribution in [0.3, 0.4) is 0 Å². The van der Waals surface area contributed by atoms with Gasteiger partial charge in [0.15, 0.2) is 0 Å². The molecule has 26 heavy (non-hydrogen) atoms. The Hall–Kier alpha value is -1.66. The zero-order valence-corrected chi connectivity index (χ0v) is 17.7. The standard InChI is InChI=1S/C20H28BrN5/c1-14(2)18-12-19(24-20(23-18)22-8-10-25(3)4)26-9-7-15-11-17(21)6-5-16(15)13-26/h5-6,11-12,14H,7-10,13H2,1-4H3,(H,22,23,24). The van der Waals surface area contributed by atoms with E-state index in [1.807, 2.05) is 0 Å². The SMILES string of the molecule is CC(C)c1cc(N2CCc3cc(Br)ccc3C2)nc(NCCN(C)C)n1. The lowest BCUT2D eigenvalue weighted by molar-refractivity contribution is 0.425. The molecule has 0 atom stereocenters. The molecule has 1 aliphatic rings. The van der Waals surface area contributed by atoms with Crippen molar-refractivity contribution in [2.45, 2.75) is 32.7 Å². The van der Waals surface area contributed by atoms with E-state index in [9.17, 15) is 0 Å². The van der Waals surface area contributed by atoms with Gasteiger partial charge in [-0.2, -0.15) is 4.98 Å². The van der Waals surface area contributed by atoms with Crippen LogP contribution in [0.25, 0.3) is 0 Å². The summed E-state index contributed by atoms with van der Waals surface area (Å²) in [6, 6.07) is 8.72. The summed E-state index contributed by atoms with van der Waals surface area (Å²) in [6.07, 6.45) is 1.04. The van der Waals surface area contributed by atoms with Gasteiger partial charge >= 0.3 is 0 Å². The third-order valence-electron chi connectivity index (χ3n) is 4.67. The van der Waals surface area contributed by atoms with Gasteiger partial charge in [0.25, 0.3) is 0 Å². The molecule has 0 unspecified atom stereocenters. The maximum Gasteiger partial charge on any atom is 0.224 e. The van der Waals surface area contributed by atoms with Crippen LogP contribution in [-0.2, 0) is 13.0 Å². The average Bonchev–Trinajstić information content (AvgIpc) is 2.60. The molecule has 140 valence electrons. The minimum absolute atomic E-state index is 0.374. The zero-order chi connectivity index (χ0) is 18.7. The number of hydrogen-bond acceptors (Lipinski definition) is 5. The number of aromatic nitrogens is 2. The first kappa shape index (κ1) is 19.1. The van der Waals surface area contributed by atoms with Gasteiger partial charge in [0.2, 0.25) is 5.95 Å². The molecule has 2 aromatic rings. The Morgan fingerprint density at radius 1 is 1.19 bits per heavy atom. The fourth-order valence-corrected chi connectivity index (χ4v) is 3.51. The third-order valence-corrected chi connectivity index (χ3v) is 5.16. The van der Waals surface area contributed by atoms with Crippen molar-refractivity contribution in [3.8, 4) is 0 Å². The van der Waals surface area contributed by atoms with E-state index in [0.717, 1.165) is 54.5 Å². The summed E-state index contributed by atoms with van der Waals surface area (Å²) in [5.74, 6) is 2.12. The molecule has 3 rings (SSSR count). The van der Waals surface area contributed by atoms with Crippen molar-refractivity contribution in [1.29, 1.82) is 0 Å². The monoisotopic (exact) mass is 417 g/mol. The Morgan fingerprint density at radius 3 is 2.73 bits per heavy atom. The van der Waals surface area contributed by atoms with Crippen molar-refractivity contribution >= 4 is 27.7 Å². The molecule has 0 saturated heterocycles. The van der Waals surface area contributed by atoms with E-state index in [4.69, 9.17) is 9.97 Å². The largest absolute Gasteiger partial charge is 0.353 e. The Labute approximate surface area is 165 Å². The topological polar surface area (TPSA) is 44.3 Å². The first-order chi connectivity index (χ1) is 12.4. The highest BCUT2D eigenvalue weighted by molar-refractivity contribution is 9.10. The summed E-state index contributed by atoms with van der Waals surface area (Å²) in [7, 11) is 4.14. The highest BCUT2D eigenvalue weighted by atomic mass is 79.9. The van der Waals surface area contributed by atoms with Crippen molar-refractivity contribution in [1.82, 2.24) is 14.9 Å². The first-order valence-corrected chi connectivity index (χ1v) is 10.0. The van der Waals surface area contributed by atoms with Crippen molar-refractivity contribution in [3.05, 3.63) is 45.6 Å². The summed E-state index contributed by atoms with van der Waals surface area (Å²) in [4.78, 5) is 14.0. The molecule has 0 saturated carbocycles. The van der Waals surface area contributed by atoms with Gasteiger partial charge in [-0.3, -0.25) is 0 Å². The summed E-state index contributed by atoms with van der Waals surface area (Å²) in [6.45, 7) is 8.03. The van der Waals surface area contributed by atoms with Gasteiger partial charge in [-0.25, -0.2) is 4.98 Å². The van der Waals surface area contributed by atoms with Crippen LogP contribution in [-0.4, -0.2) is 48.6 Å². The highest BCUT2D eigenvalue weighted by Crippen LogP contribution is 2.27. The molecule has 0 bridgehead atoms.